The molecule has 0 spiro atoms. The van der Waals surface area contributed by atoms with Gasteiger partial charge in [0.1, 0.15) is 0 Å². The number of nitrogens with zero attached hydrogens (tertiary/aromatic N) is 2. The van der Waals surface area contributed by atoms with E-state index in [0.29, 0.717) is 0 Å². The monoisotopic (exact) mass is 293 g/mol. The Balaban J connectivity index is 1.67. The first-order valence-corrected chi connectivity index (χ1v) is 7.38. The topological polar surface area (TPSA) is 83.7 Å². The molecule has 1 fully saturated rings. The Morgan fingerprint density at radius 1 is 1.50 bits per heavy atom. The number of fused-ring (bicyclic) bond motifs is 1. The predicted octanol–water partition coefficient (Wildman–Crippen LogP) is 1.45. The molecule has 0 atom stereocenters. The Bertz CT molecular complexity index is 657. The number of hydrogen-bond acceptors (Lipinski definition) is 4. The van der Waals surface area contributed by atoms with Gasteiger partial charge in [-0.25, -0.2) is 4.98 Å². The Kier molecular flexibility index (Phi) is 3.21. The van der Waals surface area contributed by atoms with Crippen LogP contribution in [-0.4, -0.2) is 31.9 Å². The van der Waals surface area contributed by atoms with Crippen molar-refractivity contribution in [3.05, 3.63) is 23.5 Å². The number of aliphatic carboxylic acids is 1. The summed E-state index contributed by atoms with van der Waals surface area (Å²) in [5.74, 6) is -0.989. The van der Waals surface area contributed by atoms with Crippen LogP contribution in [0, 0.1) is 0 Å². The largest absolute Gasteiger partial charge is 0.481 e. The molecule has 1 aliphatic rings. The molecular weight excluding hydrogens is 278 g/mol. The molecule has 0 unspecified atom stereocenters. The van der Waals surface area contributed by atoms with Crippen molar-refractivity contribution in [2.24, 2.45) is 0 Å². The van der Waals surface area contributed by atoms with Crippen LogP contribution >= 0.6 is 11.3 Å². The smallest absolute Gasteiger partial charge is 0.305 e. The molecule has 2 N–H and O–H groups in total. The molecule has 1 aliphatic carbocycles. The minimum absolute atomic E-state index is 0.00284. The van der Waals surface area contributed by atoms with E-state index in [4.69, 9.17) is 5.11 Å². The van der Waals surface area contributed by atoms with Crippen LogP contribution < -0.4 is 5.32 Å². The quantitative estimate of drug-likeness (QED) is 0.874. The number of imidazole rings is 1. The third kappa shape index (κ3) is 2.40. The zero-order valence-electron chi connectivity index (χ0n) is 10.8. The van der Waals surface area contributed by atoms with Crippen molar-refractivity contribution < 1.29 is 14.7 Å². The van der Waals surface area contributed by atoms with E-state index in [9.17, 15) is 9.59 Å². The predicted molar refractivity (Wildman–Crippen MR) is 73.8 cm³/mol. The van der Waals surface area contributed by atoms with E-state index < -0.39 is 11.5 Å². The Morgan fingerprint density at radius 3 is 2.95 bits per heavy atom. The van der Waals surface area contributed by atoms with E-state index in [1.54, 1.807) is 6.20 Å². The fourth-order valence-electron chi connectivity index (χ4n) is 2.64. The number of amides is 1. The summed E-state index contributed by atoms with van der Waals surface area (Å²) in [6, 6.07) is 0. The summed E-state index contributed by atoms with van der Waals surface area (Å²) in [6.07, 6.45) is 6.23. The average molecular weight is 293 g/mol. The third-order valence-corrected chi connectivity index (χ3v) is 4.67. The molecule has 1 saturated carbocycles. The van der Waals surface area contributed by atoms with Crippen molar-refractivity contribution in [3.8, 4) is 0 Å². The molecule has 7 heteroatoms. The van der Waals surface area contributed by atoms with Crippen LogP contribution in [0.25, 0.3) is 4.96 Å². The summed E-state index contributed by atoms with van der Waals surface area (Å²) >= 11 is 1.49. The maximum atomic E-state index is 12.1. The Labute approximate surface area is 119 Å². The average Bonchev–Trinajstić information content (AvgIpc) is 2.90. The number of carboxylic acid groups (broad SMARTS) is 1. The van der Waals surface area contributed by atoms with Crippen LogP contribution in [0.4, 0.5) is 0 Å². The van der Waals surface area contributed by atoms with Crippen molar-refractivity contribution in [1.29, 1.82) is 0 Å². The van der Waals surface area contributed by atoms with Crippen LogP contribution in [0.1, 0.15) is 31.4 Å². The molecule has 6 nitrogen and oxygen atoms in total. The molecule has 2 aromatic rings. The van der Waals surface area contributed by atoms with Gasteiger partial charge in [0.25, 0.3) is 0 Å². The highest BCUT2D eigenvalue weighted by Gasteiger charge is 2.40. The molecule has 3 rings (SSSR count). The van der Waals surface area contributed by atoms with Gasteiger partial charge in [0.2, 0.25) is 5.91 Å². The van der Waals surface area contributed by atoms with Gasteiger partial charge in [0.15, 0.2) is 4.96 Å². The summed E-state index contributed by atoms with van der Waals surface area (Å²) in [5.41, 5.74) is 0.345. The molecule has 20 heavy (non-hydrogen) atoms. The molecule has 0 bridgehead atoms. The van der Waals surface area contributed by atoms with Crippen LogP contribution in [0.5, 0.6) is 0 Å². The summed E-state index contributed by atoms with van der Waals surface area (Å²) < 4.78 is 1.88. The Morgan fingerprint density at radius 2 is 2.30 bits per heavy atom. The zero-order chi connectivity index (χ0) is 14.2. The third-order valence-electron chi connectivity index (χ3n) is 3.76. The SMILES string of the molecule is O=C(O)CC1(NC(=O)Cc2csc3nccn23)CCC1. The van der Waals surface area contributed by atoms with Crippen molar-refractivity contribution in [3.63, 3.8) is 0 Å². The van der Waals surface area contributed by atoms with E-state index in [1.165, 1.54) is 11.3 Å². The molecule has 2 heterocycles. The maximum Gasteiger partial charge on any atom is 0.305 e. The normalized spacial score (nSPS) is 16.8. The van der Waals surface area contributed by atoms with Crippen molar-refractivity contribution in [2.45, 2.75) is 37.6 Å². The first-order valence-electron chi connectivity index (χ1n) is 6.50. The number of carboxylic acids is 1. The fraction of sp³-hybridized carbons (Fsp3) is 0.462. The fourth-order valence-corrected chi connectivity index (χ4v) is 3.50. The second-order valence-electron chi connectivity index (χ2n) is 5.24. The minimum Gasteiger partial charge on any atom is -0.481 e. The highest BCUT2D eigenvalue weighted by atomic mass is 32.1. The van der Waals surface area contributed by atoms with Gasteiger partial charge in [-0.1, -0.05) is 0 Å². The number of carbonyl (C=O) groups excluding carboxylic acids is 1. The van der Waals surface area contributed by atoms with Gasteiger partial charge >= 0.3 is 5.97 Å². The van der Waals surface area contributed by atoms with E-state index >= 15 is 0 Å². The van der Waals surface area contributed by atoms with Gasteiger partial charge in [-0.3, -0.25) is 14.0 Å². The lowest BCUT2D eigenvalue weighted by Gasteiger charge is -2.41. The van der Waals surface area contributed by atoms with Crippen molar-refractivity contribution >= 4 is 28.2 Å². The molecule has 0 aliphatic heterocycles. The van der Waals surface area contributed by atoms with Crippen LogP contribution in [0.2, 0.25) is 0 Å². The first-order chi connectivity index (χ1) is 9.58. The van der Waals surface area contributed by atoms with E-state index in [-0.39, 0.29) is 18.7 Å². The van der Waals surface area contributed by atoms with E-state index in [0.717, 1.165) is 29.9 Å². The van der Waals surface area contributed by atoms with Gasteiger partial charge < -0.3 is 10.4 Å². The van der Waals surface area contributed by atoms with Crippen molar-refractivity contribution in [1.82, 2.24) is 14.7 Å². The number of hydrogen-bond donors (Lipinski definition) is 2. The molecule has 0 aromatic carbocycles. The van der Waals surface area contributed by atoms with E-state index in [2.05, 4.69) is 10.3 Å². The number of aromatic nitrogens is 2. The number of nitrogens with one attached hydrogen (secondary N) is 1. The highest BCUT2D eigenvalue weighted by Crippen LogP contribution is 2.35. The summed E-state index contributed by atoms with van der Waals surface area (Å²) in [4.78, 5) is 28.0. The minimum atomic E-state index is -0.863. The summed E-state index contributed by atoms with van der Waals surface area (Å²) in [6.45, 7) is 0. The van der Waals surface area contributed by atoms with Gasteiger partial charge in [-0.15, -0.1) is 11.3 Å². The Hall–Kier alpha value is -1.89. The van der Waals surface area contributed by atoms with Crippen LogP contribution in [0.15, 0.2) is 17.8 Å². The van der Waals surface area contributed by atoms with Gasteiger partial charge in [0.05, 0.1) is 18.4 Å². The first kappa shape index (κ1) is 13.1. The standard InChI is InChI=1S/C13H15N3O3S/c17-10(15-13(2-1-3-13)7-11(18)19)6-9-8-20-12-14-4-5-16(9)12/h4-5,8H,1-3,6-7H2,(H,15,17)(H,18,19). The molecule has 0 radical (unpaired) electrons. The summed E-state index contributed by atoms with van der Waals surface area (Å²) in [5, 5.41) is 13.8. The van der Waals surface area contributed by atoms with Crippen LogP contribution in [0.3, 0.4) is 0 Å². The molecule has 0 saturated heterocycles. The lowest BCUT2D eigenvalue weighted by atomic mass is 9.74. The van der Waals surface area contributed by atoms with Gasteiger partial charge in [-0.05, 0) is 19.3 Å². The zero-order valence-corrected chi connectivity index (χ0v) is 11.7. The second-order valence-corrected chi connectivity index (χ2v) is 6.07. The molecule has 2 aromatic heterocycles. The molecule has 1 amide bonds. The number of thiazole rings is 1. The number of carbonyl (C=O) groups is 2. The lowest BCUT2D eigenvalue weighted by molar-refractivity contribution is -0.140. The second kappa shape index (κ2) is 4.90. The number of rotatable bonds is 5. The molecular formula is C13H15N3O3S. The molecule has 106 valence electrons. The van der Waals surface area contributed by atoms with Gasteiger partial charge in [-0.2, -0.15) is 0 Å². The van der Waals surface area contributed by atoms with Crippen molar-refractivity contribution in [2.75, 3.05) is 0 Å². The van der Waals surface area contributed by atoms with Crippen LogP contribution in [-0.2, 0) is 16.0 Å². The van der Waals surface area contributed by atoms with E-state index in [1.807, 2.05) is 16.0 Å². The summed E-state index contributed by atoms with van der Waals surface area (Å²) in [7, 11) is 0. The van der Waals surface area contributed by atoms with Gasteiger partial charge in [0, 0.05) is 23.5 Å². The lowest BCUT2D eigenvalue weighted by Crippen LogP contribution is -2.55. The maximum absolute atomic E-state index is 12.1. The highest BCUT2D eigenvalue weighted by molar-refractivity contribution is 7.15.